The fraction of sp³-hybridized carbons (Fsp3) is 0. The van der Waals surface area contributed by atoms with Crippen LogP contribution < -0.4 is 22.5 Å². The number of nitrogen functional groups attached to an aromatic ring is 1. The molecule has 2 heterocycles. The molecule has 0 aliphatic rings. The van der Waals surface area contributed by atoms with Crippen LogP contribution in [0.15, 0.2) is 16.1 Å². The Balaban J connectivity index is 2.41. The summed E-state index contributed by atoms with van der Waals surface area (Å²) in [6.07, 6.45) is 2.51. The molecule has 0 unspecified atom stereocenters. The molecule has 0 atom stereocenters. The highest BCUT2D eigenvalue weighted by molar-refractivity contribution is 5.82. The second-order valence-corrected chi connectivity index (χ2v) is 3.15. The first kappa shape index (κ1) is 11.4. The van der Waals surface area contributed by atoms with Gasteiger partial charge in [-0.3, -0.25) is 9.78 Å². The van der Waals surface area contributed by atoms with Crippen molar-refractivity contribution in [2.45, 2.75) is 0 Å². The smallest absolute Gasteiger partial charge is 0.332 e. The van der Waals surface area contributed by atoms with E-state index in [1.165, 1.54) is 12.4 Å². The molecule has 10 nitrogen and oxygen atoms in total. The summed E-state index contributed by atoms with van der Waals surface area (Å²) in [6, 6.07) is -0.813. The van der Waals surface area contributed by atoms with Crippen molar-refractivity contribution in [2.75, 3.05) is 5.73 Å². The van der Waals surface area contributed by atoms with Crippen molar-refractivity contribution in [3.8, 4) is 0 Å². The Morgan fingerprint density at radius 2 is 2.28 bits per heavy atom. The second kappa shape index (κ2) is 4.45. The Bertz CT molecular complexity index is 691. The molecule has 0 aromatic carbocycles. The number of primary amides is 1. The summed E-state index contributed by atoms with van der Waals surface area (Å²) < 4.78 is 0. The number of fused-ring (bicyclic) bond motifs is 1. The van der Waals surface area contributed by atoms with Crippen LogP contribution >= 0.6 is 0 Å². The molecule has 0 spiro atoms. The fourth-order valence-electron chi connectivity index (χ4n) is 1.17. The van der Waals surface area contributed by atoms with Gasteiger partial charge in [0, 0.05) is 0 Å². The van der Waals surface area contributed by atoms with Crippen LogP contribution in [0, 0.1) is 0 Å². The van der Waals surface area contributed by atoms with Crippen LogP contribution in [0.3, 0.4) is 0 Å². The molecule has 92 valence electrons. The van der Waals surface area contributed by atoms with Gasteiger partial charge in [0.1, 0.15) is 5.69 Å². The van der Waals surface area contributed by atoms with Crippen LogP contribution in [0.2, 0.25) is 0 Å². The first-order chi connectivity index (χ1) is 8.56. The van der Waals surface area contributed by atoms with E-state index in [4.69, 9.17) is 11.5 Å². The summed E-state index contributed by atoms with van der Waals surface area (Å²) in [7, 11) is 0. The van der Waals surface area contributed by atoms with Crippen molar-refractivity contribution < 1.29 is 4.79 Å². The first-order valence-corrected chi connectivity index (χ1v) is 4.67. The molecular formula is C8H8N8O2. The number of nitrogens with two attached hydrogens (primary N) is 2. The first-order valence-electron chi connectivity index (χ1n) is 4.67. The Hall–Kier alpha value is -3.04. The minimum atomic E-state index is -0.813. The monoisotopic (exact) mass is 248 g/mol. The molecule has 2 aromatic heterocycles. The molecule has 0 bridgehead atoms. The maximum Gasteiger partial charge on any atom is 0.332 e. The number of carbonyl (C=O) groups excluding carboxylic acids is 1. The maximum atomic E-state index is 11.5. The van der Waals surface area contributed by atoms with Crippen molar-refractivity contribution in [1.82, 2.24) is 25.4 Å². The molecule has 10 heteroatoms. The number of hydrogen-bond acceptors (Lipinski definition) is 7. The third kappa shape index (κ3) is 2.37. The summed E-state index contributed by atoms with van der Waals surface area (Å²) in [4.78, 5) is 35.8. The molecule has 0 aliphatic carbocycles. The number of amides is 2. The van der Waals surface area contributed by atoms with E-state index in [1.807, 2.05) is 5.43 Å². The minimum absolute atomic E-state index is 0.0206. The number of anilines is 1. The van der Waals surface area contributed by atoms with Gasteiger partial charge in [-0.15, -0.1) is 0 Å². The number of carbonyl (C=O) groups is 1. The van der Waals surface area contributed by atoms with Gasteiger partial charge in [-0.1, -0.05) is 0 Å². The Morgan fingerprint density at radius 1 is 1.50 bits per heavy atom. The third-order valence-electron chi connectivity index (χ3n) is 1.83. The molecule has 0 aliphatic heterocycles. The van der Waals surface area contributed by atoms with Crippen molar-refractivity contribution in [2.24, 2.45) is 10.8 Å². The number of rotatable bonds is 2. The number of aromatic nitrogens is 4. The highest BCUT2D eigenvalue weighted by Crippen LogP contribution is 2.01. The summed E-state index contributed by atoms with van der Waals surface area (Å²) in [5.41, 5.74) is 12.0. The van der Waals surface area contributed by atoms with E-state index >= 15 is 0 Å². The van der Waals surface area contributed by atoms with Gasteiger partial charge in [-0.25, -0.2) is 20.2 Å². The van der Waals surface area contributed by atoms with Crippen molar-refractivity contribution >= 4 is 29.4 Å². The Kier molecular flexibility index (Phi) is 2.83. The lowest BCUT2D eigenvalue weighted by Gasteiger charge is -1.98. The molecule has 6 N–H and O–H groups in total. The molecule has 0 saturated carbocycles. The molecule has 0 fully saturated rings. The van der Waals surface area contributed by atoms with E-state index in [9.17, 15) is 9.59 Å². The second-order valence-electron chi connectivity index (χ2n) is 3.15. The number of nitrogens with one attached hydrogen (secondary N) is 2. The van der Waals surface area contributed by atoms with Gasteiger partial charge in [-0.2, -0.15) is 10.1 Å². The fourth-order valence-corrected chi connectivity index (χ4v) is 1.17. The molecule has 2 amide bonds. The highest BCUT2D eigenvalue weighted by Gasteiger charge is 2.05. The summed E-state index contributed by atoms with van der Waals surface area (Å²) in [5.74, 6) is -0.0430. The van der Waals surface area contributed by atoms with Crippen LogP contribution in [0.4, 0.5) is 10.7 Å². The number of hydrogen-bond donors (Lipinski definition) is 4. The molecular weight excluding hydrogens is 240 g/mol. The summed E-state index contributed by atoms with van der Waals surface area (Å²) in [6.45, 7) is 0. The zero-order valence-corrected chi connectivity index (χ0v) is 8.91. The molecule has 2 rings (SSSR count). The van der Waals surface area contributed by atoms with E-state index in [1.54, 1.807) is 0 Å². The number of nitrogens with zero attached hydrogens (tertiary/aromatic N) is 4. The predicted octanol–water partition coefficient (Wildman–Crippen LogP) is -1.70. The van der Waals surface area contributed by atoms with E-state index in [2.05, 4.69) is 25.0 Å². The Morgan fingerprint density at radius 3 is 3.00 bits per heavy atom. The van der Waals surface area contributed by atoms with Gasteiger partial charge in [0.15, 0.2) is 11.2 Å². The molecule has 2 aromatic rings. The van der Waals surface area contributed by atoms with Crippen LogP contribution in [-0.2, 0) is 0 Å². The molecule has 0 saturated heterocycles. The number of urea groups is 1. The van der Waals surface area contributed by atoms with Crippen molar-refractivity contribution in [1.29, 1.82) is 0 Å². The van der Waals surface area contributed by atoms with E-state index in [0.29, 0.717) is 0 Å². The van der Waals surface area contributed by atoms with Crippen molar-refractivity contribution in [3.05, 3.63) is 22.2 Å². The summed E-state index contributed by atoms with van der Waals surface area (Å²) >= 11 is 0. The molecule has 18 heavy (non-hydrogen) atoms. The zero-order chi connectivity index (χ0) is 13.1. The van der Waals surface area contributed by atoms with Gasteiger partial charge in [0.05, 0.1) is 12.4 Å². The van der Waals surface area contributed by atoms with E-state index < -0.39 is 11.6 Å². The summed E-state index contributed by atoms with van der Waals surface area (Å²) in [5, 5.41) is 3.49. The largest absolute Gasteiger partial charge is 0.369 e. The zero-order valence-electron chi connectivity index (χ0n) is 8.91. The van der Waals surface area contributed by atoms with Crippen LogP contribution in [-0.4, -0.2) is 32.2 Å². The normalized spacial score (nSPS) is 10.9. The topological polar surface area (TPSA) is 165 Å². The van der Waals surface area contributed by atoms with E-state index in [-0.39, 0.29) is 22.8 Å². The van der Waals surface area contributed by atoms with Gasteiger partial charge < -0.3 is 11.5 Å². The quantitative estimate of drug-likeness (QED) is 0.365. The lowest BCUT2D eigenvalue weighted by Crippen LogP contribution is -2.24. The average Bonchev–Trinajstić information content (AvgIpc) is 2.29. The van der Waals surface area contributed by atoms with Crippen molar-refractivity contribution in [3.63, 3.8) is 0 Å². The number of hydrazone groups is 1. The Labute approximate surface area is 99.1 Å². The van der Waals surface area contributed by atoms with Crippen LogP contribution in [0.5, 0.6) is 0 Å². The third-order valence-corrected chi connectivity index (χ3v) is 1.83. The van der Waals surface area contributed by atoms with Crippen LogP contribution in [0.25, 0.3) is 11.2 Å². The van der Waals surface area contributed by atoms with Gasteiger partial charge in [0.25, 0.3) is 5.56 Å². The lowest BCUT2D eigenvalue weighted by molar-refractivity contribution is 0.249. The standard InChI is InChI=1S/C8H8N8O2/c9-7-14-5-4(6(17)15-7)13-3(1-11-5)2-12-16-8(10)18/h1-2H,(H3,10,16,18)(H3,9,11,14,15,17)/b12-2+. The van der Waals surface area contributed by atoms with Gasteiger partial charge >= 0.3 is 6.03 Å². The molecule has 0 radical (unpaired) electrons. The number of H-pyrrole nitrogens is 1. The van der Waals surface area contributed by atoms with E-state index in [0.717, 1.165) is 0 Å². The predicted molar refractivity (Wildman–Crippen MR) is 62.7 cm³/mol. The lowest BCUT2D eigenvalue weighted by atomic mass is 10.4. The number of aromatic amines is 1. The SMILES string of the molecule is NC(=O)N/N=C/c1cnc2nc(N)[nH]c(=O)c2n1. The van der Waals surface area contributed by atoms with Crippen LogP contribution in [0.1, 0.15) is 5.69 Å². The van der Waals surface area contributed by atoms with Gasteiger partial charge in [-0.05, 0) is 0 Å². The average molecular weight is 248 g/mol. The minimum Gasteiger partial charge on any atom is -0.369 e. The van der Waals surface area contributed by atoms with Gasteiger partial charge in [0.2, 0.25) is 5.95 Å². The maximum absolute atomic E-state index is 11.5. The highest BCUT2D eigenvalue weighted by atomic mass is 16.2.